The molecule has 0 atom stereocenters. The van der Waals surface area contributed by atoms with Gasteiger partial charge in [-0.1, -0.05) is 19.4 Å². The Morgan fingerprint density at radius 2 is 2.10 bits per heavy atom. The molecule has 7 heteroatoms. The highest BCUT2D eigenvalue weighted by Crippen LogP contribution is 2.08. The number of nitrogens with zero attached hydrogens (tertiary/aromatic N) is 3. The van der Waals surface area contributed by atoms with Gasteiger partial charge in [-0.15, -0.1) is 0 Å². The lowest BCUT2D eigenvalue weighted by Gasteiger charge is -2.05. The molecular weight excluding hydrogens is 290 g/mol. The number of rotatable bonds is 7. The summed E-state index contributed by atoms with van der Waals surface area (Å²) in [6, 6.07) is 3.59. The topological polar surface area (TPSA) is 66.1 Å². The lowest BCUT2D eigenvalue weighted by atomic mass is 10.3. The molecule has 0 aromatic carbocycles. The zero-order valence-electron chi connectivity index (χ0n) is 12.2. The van der Waals surface area contributed by atoms with Crippen molar-refractivity contribution in [3.8, 4) is 5.88 Å². The number of unbranched alkanes of at least 4 members (excludes halogenated alkanes) is 1. The van der Waals surface area contributed by atoms with Crippen LogP contribution < -0.4 is 15.3 Å². The van der Waals surface area contributed by atoms with Crippen molar-refractivity contribution < 1.29 is 4.74 Å². The quantitative estimate of drug-likeness (QED) is 0.730. The molecule has 2 rings (SSSR count). The van der Waals surface area contributed by atoms with Crippen molar-refractivity contribution in [3.05, 3.63) is 44.0 Å². The predicted octanol–water partition coefficient (Wildman–Crippen LogP) is 1.71. The summed E-state index contributed by atoms with van der Waals surface area (Å²) in [5.74, 6) is 0.566. The predicted molar refractivity (Wildman–Crippen MR) is 82.3 cm³/mol. The second-order valence-corrected chi connectivity index (χ2v) is 5.60. The summed E-state index contributed by atoms with van der Waals surface area (Å²) < 4.78 is 8.14. The third-order valence-corrected chi connectivity index (χ3v) is 4.04. The fourth-order valence-electron chi connectivity index (χ4n) is 1.82. The maximum Gasteiger partial charge on any atom is 0.341 e. The molecule has 2 heterocycles. The van der Waals surface area contributed by atoms with Crippen LogP contribution in [0.5, 0.6) is 5.88 Å². The highest BCUT2D eigenvalue weighted by Gasteiger charge is 2.09. The summed E-state index contributed by atoms with van der Waals surface area (Å²) >= 11 is 0.943. The van der Waals surface area contributed by atoms with Gasteiger partial charge >= 0.3 is 10.6 Å². The fraction of sp³-hybridized carbons (Fsp3) is 0.500. The molecule has 0 bridgehead atoms. The molecule has 114 valence electrons. The van der Waals surface area contributed by atoms with Crippen LogP contribution in [0.4, 0.5) is 0 Å². The molecule has 0 aliphatic heterocycles. The number of aryl methyl sites for hydroxylation is 1. The van der Waals surface area contributed by atoms with E-state index in [1.165, 1.54) is 8.52 Å². The Labute approximate surface area is 126 Å². The highest BCUT2D eigenvalue weighted by atomic mass is 32.1. The van der Waals surface area contributed by atoms with Crippen LogP contribution in [0.25, 0.3) is 0 Å². The first-order chi connectivity index (χ1) is 10.2. The summed E-state index contributed by atoms with van der Waals surface area (Å²) in [5.41, 5.74) is 0.536. The van der Waals surface area contributed by atoms with Crippen LogP contribution in [0.3, 0.4) is 0 Å². The van der Waals surface area contributed by atoms with Crippen LogP contribution in [0.2, 0.25) is 0 Å². The third-order valence-electron chi connectivity index (χ3n) is 3.03. The van der Waals surface area contributed by atoms with Crippen molar-refractivity contribution >= 4 is 11.5 Å². The monoisotopic (exact) mass is 309 g/mol. The van der Waals surface area contributed by atoms with Crippen molar-refractivity contribution in [2.75, 3.05) is 6.61 Å². The second-order valence-electron chi connectivity index (χ2n) is 4.63. The van der Waals surface area contributed by atoms with Gasteiger partial charge in [-0.25, -0.2) is 18.3 Å². The molecule has 2 aromatic rings. The Balaban J connectivity index is 2.09. The third kappa shape index (κ3) is 3.81. The van der Waals surface area contributed by atoms with Gasteiger partial charge in [-0.05, 0) is 18.9 Å². The van der Waals surface area contributed by atoms with E-state index < -0.39 is 0 Å². The smallest absolute Gasteiger partial charge is 0.341 e. The fourth-order valence-corrected chi connectivity index (χ4v) is 2.56. The van der Waals surface area contributed by atoms with Crippen LogP contribution in [0.15, 0.2) is 27.9 Å². The molecule has 21 heavy (non-hydrogen) atoms. The van der Waals surface area contributed by atoms with E-state index in [0.717, 1.165) is 29.9 Å². The van der Waals surface area contributed by atoms with Gasteiger partial charge in [0.05, 0.1) is 13.2 Å². The largest absolute Gasteiger partial charge is 0.478 e. The first kappa shape index (κ1) is 15.5. The van der Waals surface area contributed by atoms with Gasteiger partial charge in [0.15, 0.2) is 0 Å². The van der Waals surface area contributed by atoms with Gasteiger partial charge in [-0.3, -0.25) is 4.79 Å². The summed E-state index contributed by atoms with van der Waals surface area (Å²) in [5, 5.41) is 0. The maximum atomic E-state index is 12.0. The zero-order valence-corrected chi connectivity index (χ0v) is 13.1. The molecule has 0 amide bonds. The van der Waals surface area contributed by atoms with E-state index in [-0.39, 0.29) is 17.1 Å². The average molecular weight is 309 g/mol. The van der Waals surface area contributed by atoms with E-state index in [2.05, 4.69) is 11.9 Å². The minimum Gasteiger partial charge on any atom is -0.478 e. The molecular formula is C14H19N3O3S. The molecule has 0 aliphatic carbocycles. The Morgan fingerprint density at radius 1 is 1.29 bits per heavy atom. The zero-order chi connectivity index (χ0) is 15.2. The Kier molecular flexibility index (Phi) is 5.32. The molecule has 0 fully saturated rings. The van der Waals surface area contributed by atoms with E-state index in [1.807, 2.05) is 13.0 Å². The first-order valence-electron chi connectivity index (χ1n) is 7.04. The molecule has 0 spiro atoms. The van der Waals surface area contributed by atoms with Gasteiger partial charge in [0, 0.05) is 30.3 Å². The standard InChI is InChI=1S/C14H19N3O3S/c1-3-5-8-20-12-7-6-11(9-15-12)10-16-13(18)17(4-2)21-14(16)19/h6-7,9H,3-5,8,10H2,1-2H3. The molecule has 6 nitrogen and oxygen atoms in total. The maximum absolute atomic E-state index is 12.0. The summed E-state index contributed by atoms with van der Waals surface area (Å²) in [6.45, 7) is 5.33. The van der Waals surface area contributed by atoms with Gasteiger partial charge in [0.1, 0.15) is 0 Å². The normalized spacial score (nSPS) is 10.8. The van der Waals surface area contributed by atoms with Gasteiger partial charge < -0.3 is 4.74 Å². The van der Waals surface area contributed by atoms with Crippen molar-refractivity contribution in [1.82, 2.24) is 13.5 Å². The van der Waals surface area contributed by atoms with Gasteiger partial charge in [0.25, 0.3) is 0 Å². The number of pyridine rings is 1. The van der Waals surface area contributed by atoms with Gasteiger partial charge in [-0.2, -0.15) is 0 Å². The molecule has 0 radical (unpaired) electrons. The number of aromatic nitrogens is 3. The first-order valence-corrected chi connectivity index (χ1v) is 7.81. The molecule has 0 N–H and O–H groups in total. The van der Waals surface area contributed by atoms with Gasteiger partial charge in [0.2, 0.25) is 5.88 Å². The van der Waals surface area contributed by atoms with Crippen LogP contribution in [0.1, 0.15) is 32.3 Å². The molecule has 0 saturated heterocycles. The van der Waals surface area contributed by atoms with Crippen LogP contribution >= 0.6 is 11.5 Å². The van der Waals surface area contributed by atoms with Crippen LogP contribution in [-0.4, -0.2) is 20.1 Å². The van der Waals surface area contributed by atoms with Crippen LogP contribution in [0, 0.1) is 0 Å². The minimum absolute atomic E-state index is 0.239. The average Bonchev–Trinajstić information content (AvgIpc) is 2.76. The Hall–Kier alpha value is -1.89. The lowest BCUT2D eigenvalue weighted by molar-refractivity contribution is 0.297. The second kappa shape index (κ2) is 7.21. The van der Waals surface area contributed by atoms with E-state index in [9.17, 15) is 9.59 Å². The van der Waals surface area contributed by atoms with E-state index in [1.54, 1.807) is 12.3 Å². The minimum atomic E-state index is -0.268. The Bertz CT molecular complexity index is 685. The summed E-state index contributed by atoms with van der Waals surface area (Å²) in [4.78, 5) is 27.7. The van der Waals surface area contributed by atoms with Crippen LogP contribution in [-0.2, 0) is 13.1 Å². The van der Waals surface area contributed by atoms with Crippen molar-refractivity contribution in [2.24, 2.45) is 0 Å². The van der Waals surface area contributed by atoms with E-state index in [4.69, 9.17) is 4.74 Å². The Morgan fingerprint density at radius 3 is 2.67 bits per heavy atom. The van der Waals surface area contributed by atoms with Crippen molar-refractivity contribution in [2.45, 2.75) is 39.8 Å². The number of hydrogen-bond donors (Lipinski definition) is 0. The summed E-state index contributed by atoms with van der Waals surface area (Å²) in [6.07, 6.45) is 3.70. The van der Waals surface area contributed by atoms with Crippen molar-refractivity contribution in [1.29, 1.82) is 0 Å². The number of ether oxygens (including phenoxy) is 1. The molecule has 0 unspecified atom stereocenters. The van der Waals surface area contributed by atoms with E-state index in [0.29, 0.717) is 19.0 Å². The van der Waals surface area contributed by atoms with E-state index >= 15 is 0 Å². The highest BCUT2D eigenvalue weighted by molar-refractivity contribution is 7.03. The SMILES string of the molecule is CCCCOc1ccc(Cn2c(=O)sn(CC)c2=O)cn1. The molecule has 0 aliphatic rings. The molecule has 0 saturated carbocycles. The number of hydrogen-bond acceptors (Lipinski definition) is 5. The molecule has 2 aromatic heterocycles. The lowest BCUT2D eigenvalue weighted by Crippen LogP contribution is -2.29. The van der Waals surface area contributed by atoms with Crippen molar-refractivity contribution in [3.63, 3.8) is 0 Å². The summed E-state index contributed by atoms with van der Waals surface area (Å²) in [7, 11) is 0.